The summed E-state index contributed by atoms with van der Waals surface area (Å²) in [6, 6.07) is 7.02. The molecule has 1 aromatic carbocycles. The summed E-state index contributed by atoms with van der Waals surface area (Å²) in [5.74, 6) is 1.05. The molecule has 1 rings (SSSR count). The summed E-state index contributed by atoms with van der Waals surface area (Å²) in [5.41, 5.74) is 2.45. The number of nitrogens with two attached hydrogens (primary N) is 1. The van der Waals surface area contributed by atoms with Gasteiger partial charge in [-0.15, -0.1) is 6.58 Å². The molecule has 19 heavy (non-hydrogen) atoms. The zero-order valence-electron chi connectivity index (χ0n) is 12.6. The second-order valence-electron chi connectivity index (χ2n) is 5.17. The third-order valence-electron chi connectivity index (χ3n) is 3.47. The van der Waals surface area contributed by atoms with Crippen molar-refractivity contribution in [2.45, 2.75) is 46.1 Å². The maximum absolute atomic E-state index is 5.97. The highest BCUT2D eigenvalue weighted by atomic mass is 16.5. The molecule has 2 nitrogen and oxygen atoms in total. The molecule has 0 amide bonds. The minimum atomic E-state index is 0.717. The third kappa shape index (κ3) is 5.48. The van der Waals surface area contributed by atoms with Crippen LogP contribution in [-0.4, -0.2) is 19.2 Å². The van der Waals surface area contributed by atoms with Crippen LogP contribution in [0.4, 0.5) is 0 Å². The van der Waals surface area contributed by atoms with Crippen LogP contribution in [0.25, 0.3) is 0 Å². The number of hydrogen-bond acceptors (Lipinski definition) is 1. The molecule has 1 aromatic rings. The Balaban J connectivity index is 2.42. The van der Waals surface area contributed by atoms with E-state index in [1.165, 1.54) is 17.5 Å². The van der Waals surface area contributed by atoms with E-state index >= 15 is 0 Å². The van der Waals surface area contributed by atoms with E-state index in [1.807, 2.05) is 6.08 Å². The number of rotatable bonds is 9. The van der Waals surface area contributed by atoms with Gasteiger partial charge in [0, 0.05) is 6.42 Å². The lowest BCUT2D eigenvalue weighted by Gasteiger charge is -2.13. The van der Waals surface area contributed by atoms with Gasteiger partial charge in [0.25, 0.3) is 0 Å². The van der Waals surface area contributed by atoms with Gasteiger partial charge < -0.3 is 10.1 Å². The Bertz CT molecular complexity index is 387. The predicted octanol–water partition coefficient (Wildman–Crippen LogP) is 2.85. The van der Waals surface area contributed by atoms with Crippen molar-refractivity contribution in [2.24, 2.45) is 0 Å². The van der Waals surface area contributed by atoms with Crippen molar-refractivity contribution in [1.82, 2.24) is 0 Å². The molecule has 0 saturated heterocycles. The molecule has 0 fully saturated rings. The maximum atomic E-state index is 5.97. The normalized spacial score (nSPS) is 12.2. The molecule has 0 aliphatic carbocycles. The molecule has 0 aliphatic heterocycles. The van der Waals surface area contributed by atoms with E-state index in [0.29, 0.717) is 0 Å². The summed E-state index contributed by atoms with van der Waals surface area (Å²) in [5, 5.41) is 2.39. The van der Waals surface area contributed by atoms with Gasteiger partial charge in [0.1, 0.15) is 5.75 Å². The molecular formula is C17H28NO+. The second kappa shape index (κ2) is 8.76. The Labute approximate surface area is 117 Å². The summed E-state index contributed by atoms with van der Waals surface area (Å²) in [6.07, 6.45) is 5.11. The predicted molar refractivity (Wildman–Crippen MR) is 81.7 cm³/mol. The van der Waals surface area contributed by atoms with E-state index in [1.54, 1.807) is 0 Å². The minimum Gasteiger partial charge on any atom is -0.493 e. The Kier molecular flexibility index (Phi) is 7.27. The van der Waals surface area contributed by atoms with Crippen LogP contribution in [0.1, 0.15) is 37.8 Å². The van der Waals surface area contributed by atoms with Crippen molar-refractivity contribution in [3.63, 3.8) is 0 Å². The smallest absolute Gasteiger partial charge is 0.125 e. The first kappa shape index (κ1) is 15.8. The number of ether oxygens (including phenoxy) is 1. The summed E-state index contributed by atoms with van der Waals surface area (Å²) in [7, 11) is 0. The van der Waals surface area contributed by atoms with Crippen molar-refractivity contribution in [3.8, 4) is 5.75 Å². The van der Waals surface area contributed by atoms with Gasteiger partial charge in [-0.3, -0.25) is 0 Å². The van der Waals surface area contributed by atoms with E-state index in [0.717, 1.165) is 37.8 Å². The lowest BCUT2D eigenvalue weighted by atomic mass is 10.1. The first-order valence-corrected chi connectivity index (χ1v) is 7.34. The van der Waals surface area contributed by atoms with Crippen LogP contribution in [-0.2, 0) is 6.42 Å². The van der Waals surface area contributed by atoms with Crippen LogP contribution in [0.5, 0.6) is 5.75 Å². The van der Waals surface area contributed by atoms with E-state index in [-0.39, 0.29) is 0 Å². The molecular weight excluding hydrogens is 234 g/mol. The fourth-order valence-electron chi connectivity index (χ4n) is 2.06. The number of aryl methyl sites for hydroxylation is 1. The molecule has 0 bridgehead atoms. The van der Waals surface area contributed by atoms with Gasteiger partial charge in [0.2, 0.25) is 0 Å². The van der Waals surface area contributed by atoms with Crippen molar-refractivity contribution in [3.05, 3.63) is 42.0 Å². The SMILES string of the molecule is C=CCc1cccc(C)c1OCCC[NH2+][C@H](C)CC. The second-order valence-corrected chi connectivity index (χ2v) is 5.17. The number of benzene rings is 1. The van der Waals surface area contributed by atoms with Gasteiger partial charge in [0.05, 0.1) is 19.2 Å². The van der Waals surface area contributed by atoms with Crippen molar-refractivity contribution in [1.29, 1.82) is 0 Å². The molecule has 0 saturated carbocycles. The lowest BCUT2D eigenvalue weighted by molar-refractivity contribution is -0.686. The van der Waals surface area contributed by atoms with E-state index < -0.39 is 0 Å². The van der Waals surface area contributed by atoms with E-state index in [9.17, 15) is 0 Å². The molecule has 2 heteroatoms. The third-order valence-corrected chi connectivity index (χ3v) is 3.47. The van der Waals surface area contributed by atoms with Gasteiger partial charge in [0.15, 0.2) is 0 Å². The van der Waals surface area contributed by atoms with Crippen LogP contribution in [0.3, 0.4) is 0 Å². The Morgan fingerprint density at radius 3 is 2.89 bits per heavy atom. The van der Waals surface area contributed by atoms with Crippen LogP contribution < -0.4 is 10.1 Å². The molecule has 2 N–H and O–H groups in total. The first-order valence-electron chi connectivity index (χ1n) is 7.34. The average molecular weight is 262 g/mol. The van der Waals surface area contributed by atoms with Crippen molar-refractivity contribution in [2.75, 3.05) is 13.2 Å². The van der Waals surface area contributed by atoms with Gasteiger partial charge in [-0.25, -0.2) is 0 Å². The van der Waals surface area contributed by atoms with Crippen LogP contribution in [0.15, 0.2) is 30.9 Å². The Hall–Kier alpha value is -1.28. The average Bonchev–Trinajstić information content (AvgIpc) is 2.41. The van der Waals surface area contributed by atoms with Gasteiger partial charge in [-0.2, -0.15) is 0 Å². The largest absolute Gasteiger partial charge is 0.493 e. The number of hydrogen-bond donors (Lipinski definition) is 1. The first-order chi connectivity index (χ1) is 9.19. The number of para-hydroxylation sites is 1. The minimum absolute atomic E-state index is 0.717. The Morgan fingerprint density at radius 1 is 1.42 bits per heavy atom. The molecule has 106 valence electrons. The Morgan fingerprint density at radius 2 is 2.21 bits per heavy atom. The standard InChI is InChI=1S/C17H27NO/c1-5-9-16-11-7-10-14(3)17(16)19-13-8-12-18-15(4)6-2/h5,7,10-11,15,18H,1,6,8-9,12-13H2,2-4H3/p+1/t15-/m1/s1. The van der Waals surface area contributed by atoms with Crippen LogP contribution >= 0.6 is 0 Å². The highest BCUT2D eigenvalue weighted by molar-refractivity contribution is 5.41. The highest BCUT2D eigenvalue weighted by Crippen LogP contribution is 2.24. The summed E-state index contributed by atoms with van der Waals surface area (Å²) < 4.78 is 5.97. The molecule has 0 aromatic heterocycles. The topological polar surface area (TPSA) is 25.8 Å². The molecule has 0 radical (unpaired) electrons. The zero-order chi connectivity index (χ0) is 14.1. The molecule has 1 atom stereocenters. The molecule has 0 unspecified atom stereocenters. The van der Waals surface area contributed by atoms with Crippen LogP contribution in [0.2, 0.25) is 0 Å². The quantitative estimate of drug-likeness (QED) is 0.537. The van der Waals surface area contributed by atoms with Gasteiger partial charge >= 0.3 is 0 Å². The van der Waals surface area contributed by atoms with Crippen molar-refractivity contribution >= 4 is 0 Å². The van der Waals surface area contributed by atoms with Crippen LogP contribution in [0, 0.1) is 6.92 Å². The molecule has 0 aliphatic rings. The summed E-state index contributed by atoms with van der Waals surface area (Å²) in [4.78, 5) is 0. The number of quaternary nitrogens is 1. The van der Waals surface area contributed by atoms with Gasteiger partial charge in [-0.05, 0) is 37.8 Å². The summed E-state index contributed by atoms with van der Waals surface area (Å²) in [6.45, 7) is 12.3. The zero-order valence-corrected chi connectivity index (χ0v) is 12.6. The highest BCUT2D eigenvalue weighted by Gasteiger charge is 2.06. The van der Waals surface area contributed by atoms with E-state index in [2.05, 4.69) is 50.9 Å². The lowest BCUT2D eigenvalue weighted by Crippen LogP contribution is -2.89. The number of allylic oxidation sites excluding steroid dienone is 1. The van der Waals surface area contributed by atoms with E-state index in [4.69, 9.17) is 4.74 Å². The molecule has 0 spiro atoms. The molecule has 0 heterocycles. The van der Waals surface area contributed by atoms with Gasteiger partial charge in [-0.1, -0.05) is 31.2 Å². The summed E-state index contributed by atoms with van der Waals surface area (Å²) >= 11 is 0. The fourth-order valence-corrected chi connectivity index (χ4v) is 2.06. The fraction of sp³-hybridized carbons (Fsp3) is 0.529. The monoisotopic (exact) mass is 262 g/mol. The maximum Gasteiger partial charge on any atom is 0.125 e. The van der Waals surface area contributed by atoms with Crippen molar-refractivity contribution < 1.29 is 10.1 Å².